The molecule has 0 radical (unpaired) electrons. The van der Waals surface area contributed by atoms with Crippen molar-refractivity contribution < 1.29 is 15.0 Å². The molecular weight excluding hydrogens is 290 g/mol. The number of carbonyl (C=O) groups is 1. The minimum Gasteiger partial charge on any atom is -0.481 e. The average Bonchev–Trinajstić information content (AvgIpc) is 2.53. The van der Waals surface area contributed by atoms with Crippen LogP contribution in [0.15, 0.2) is 36.4 Å². The van der Waals surface area contributed by atoms with E-state index in [0.717, 1.165) is 32.5 Å². The Morgan fingerprint density at radius 1 is 1.22 bits per heavy atom. The van der Waals surface area contributed by atoms with Crippen molar-refractivity contribution in [1.82, 2.24) is 4.90 Å². The van der Waals surface area contributed by atoms with E-state index >= 15 is 0 Å². The fourth-order valence-corrected chi connectivity index (χ4v) is 3.86. The lowest BCUT2D eigenvalue weighted by atomic mass is 9.62. The van der Waals surface area contributed by atoms with Crippen LogP contribution >= 0.6 is 0 Å². The second-order valence-corrected chi connectivity index (χ2v) is 6.93. The number of likely N-dealkylation sites (tertiary alicyclic amines) is 1. The van der Waals surface area contributed by atoms with Gasteiger partial charge in [-0.3, -0.25) is 9.69 Å². The van der Waals surface area contributed by atoms with Crippen molar-refractivity contribution >= 4 is 12.0 Å². The highest BCUT2D eigenvalue weighted by molar-refractivity contribution is 5.71. The third kappa shape index (κ3) is 3.82. The van der Waals surface area contributed by atoms with Crippen molar-refractivity contribution in [2.75, 3.05) is 19.6 Å². The van der Waals surface area contributed by atoms with E-state index in [1.54, 1.807) is 0 Å². The van der Waals surface area contributed by atoms with Gasteiger partial charge in [-0.2, -0.15) is 0 Å². The predicted molar refractivity (Wildman–Crippen MR) is 89.9 cm³/mol. The molecule has 0 amide bonds. The second kappa shape index (κ2) is 6.85. The Bertz CT molecular complexity index is 555. The molecule has 1 aromatic carbocycles. The summed E-state index contributed by atoms with van der Waals surface area (Å²) in [5, 5.41) is 19.5. The maximum atomic E-state index is 10.9. The monoisotopic (exact) mass is 315 g/mol. The molecule has 2 N–H and O–H groups in total. The lowest BCUT2D eigenvalue weighted by Crippen LogP contribution is -2.54. The summed E-state index contributed by atoms with van der Waals surface area (Å²) >= 11 is 0. The van der Waals surface area contributed by atoms with Gasteiger partial charge in [-0.1, -0.05) is 42.5 Å². The van der Waals surface area contributed by atoms with Crippen molar-refractivity contribution in [2.45, 2.75) is 31.3 Å². The van der Waals surface area contributed by atoms with Gasteiger partial charge in [0.2, 0.25) is 0 Å². The van der Waals surface area contributed by atoms with Crippen LogP contribution in [0.4, 0.5) is 0 Å². The van der Waals surface area contributed by atoms with Crippen LogP contribution in [0.1, 0.15) is 31.2 Å². The fourth-order valence-electron chi connectivity index (χ4n) is 3.86. The molecule has 2 aliphatic rings. The number of rotatable bonds is 5. The van der Waals surface area contributed by atoms with E-state index in [1.807, 2.05) is 18.2 Å². The van der Waals surface area contributed by atoms with Crippen LogP contribution < -0.4 is 0 Å². The molecule has 3 rings (SSSR count). The Morgan fingerprint density at radius 2 is 1.87 bits per heavy atom. The van der Waals surface area contributed by atoms with E-state index in [4.69, 9.17) is 5.11 Å². The summed E-state index contributed by atoms with van der Waals surface area (Å²) in [5.74, 6) is -0.850. The van der Waals surface area contributed by atoms with Crippen LogP contribution in [0.2, 0.25) is 0 Å². The first kappa shape index (κ1) is 16.2. The van der Waals surface area contributed by atoms with Gasteiger partial charge in [0.1, 0.15) is 0 Å². The topological polar surface area (TPSA) is 60.8 Å². The largest absolute Gasteiger partial charge is 0.481 e. The van der Waals surface area contributed by atoms with Crippen LogP contribution in [0.5, 0.6) is 0 Å². The maximum Gasteiger partial charge on any atom is 0.306 e. The van der Waals surface area contributed by atoms with Gasteiger partial charge in [-0.05, 0) is 50.3 Å². The highest BCUT2D eigenvalue weighted by Crippen LogP contribution is 2.46. The molecule has 1 saturated carbocycles. The summed E-state index contributed by atoms with van der Waals surface area (Å²) in [6, 6.07) is 10.3. The normalized spacial score (nSPS) is 29.5. The zero-order valence-electron chi connectivity index (χ0n) is 13.4. The van der Waals surface area contributed by atoms with Gasteiger partial charge in [0.25, 0.3) is 0 Å². The maximum absolute atomic E-state index is 10.9. The molecule has 0 atom stereocenters. The molecule has 1 heterocycles. The molecule has 0 bridgehead atoms. The number of benzene rings is 1. The fraction of sp³-hybridized carbons (Fsp3) is 0.526. The molecule has 0 aromatic heterocycles. The van der Waals surface area contributed by atoms with E-state index in [-0.39, 0.29) is 11.8 Å². The van der Waals surface area contributed by atoms with Crippen LogP contribution in [0.3, 0.4) is 0 Å². The van der Waals surface area contributed by atoms with Crippen LogP contribution in [-0.4, -0.2) is 46.3 Å². The van der Waals surface area contributed by atoms with Gasteiger partial charge in [0.05, 0.1) is 11.5 Å². The average molecular weight is 315 g/mol. The Morgan fingerprint density at radius 3 is 2.48 bits per heavy atom. The summed E-state index contributed by atoms with van der Waals surface area (Å²) < 4.78 is 0. The Hall–Kier alpha value is -1.65. The van der Waals surface area contributed by atoms with Crippen LogP contribution in [0.25, 0.3) is 6.08 Å². The molecule has 1 saturated heterocycles. The highest BCUT2D eigenvalue weighted by atomic mass is 16.4. The number of hydrogen-bond acceptors (Lipinski definition) is 3. The van der Waals surface area contributed by atoms with Crippen LogP contribution in [0, 0.1) is 11.8 Å². The summed E-state index contributed by atoms with van der Waals surface area (Å²) in [7, 11) is 0. The first-order valence-corrected chi connectivity index (χ1v) is 8.46. The molecule has 23 heavy (non-hydrogen) atoms. The minimum atomic E-state index is -0.766. The molecular formula is C19H25NO3. The molecule has 2 fully saturated rings. The van der Waals surface area contributed by atoms with E-state index < -0.39 is 11.6 Å². The highest BCUT2D eigenvalue weighted by Gasteiger charge is 2.51. The SMILES string of the molecule is O=C(O)C1CC(O)(C2CCN(C/C=C/c3ccccc3)CC2)C1. The molecule has 124 valence electrons. The lowest BCUT2D eigenvalue weighted by molar-refractivity contribution is -0.169. The lowest BCUT2D eigenvalue weighted by Gasteiger charge is -2.49. The summed E-state index contributed by atoms with van der Waals surface area (Å²) in [6.07, 6.45) is 7.11. The first-order valence-electron chi connectivity index (χ1n) is 8.46. The quantitative estimate of drug-likeness (QED) is 0.877. The van der Waals surface area contributed by atoms with Gasteiger partial charge in [0.15, 0.2) is 0 Å². The van der Waals surface area contributed by atoms with Gasteiger partial charge >= 0.3 is 5.97 Å². The standard InChI is InChI=1S/C19H25NO3/c21-18(22)16-13-19(23,14-16)17-8-11-20(12-9-17)10-4-7-15-5-2-1-3-6-15/h1-7,16-17,23H,8-14H2,(H,21,22)/b7-4+. The number of carboxylic acids is 1. The third-order valence-electron chi connectivity index (χ3n) is 5.37. The van der Waals surface area contributed by atoms with E-state index in [1.165, 1.54) is 5.56 Å². The summed E-state index contributed by atoms with van der Waals surface area (Å²) in [5.41, 5.74) is 0.487. The third-order valence-corrected chi connectivity index (χ3v) is 5.37. The number of aliphatic carboxylic acids is 1. The number of piperidine rings is 1. The zero-order chi connectivity index (χ0) is 16.3. The molecule has 0 spiro atoms. The Labute approximate surface area is 137 Å². The van der Waals surface area contributed by atoms with Gasteiger partial charge in [0, 0.05) is 6.54 Å². The number of nitrogens with zero attached hydrogens (tertiary/aromatic N) is 1. The van der Waals surface area contributed by atoms with Crippen molar-refractivity contribution in [1.29, 1.82) is 0 Å². The van der Waals surface area contributed by atoms with Crippen molar-refractivity contribution in [2.24, 2.45) is 11.8 Å². The molecule has 4 nitrogen and oxygen atoms in total. The van der Waals surface area contributed by atoms with Gasteiger partial charge < -0.3 is 10.2 Å². The summed E-state index contributed by atoms with van der Waals surface area (Å²) in [4.78, 5) is 13.3. The van der Waals surface area contributed by atoms with Gasteiger partial charge in [-0.15, -0.1) is 0 Å². The van der Waals surface area contributed by atoms with E-state index in [2.05, 4.69) is 29.2 Å². The van der Waals surface area contributed by atoms with Gasteiger partial charge in [-0.25, -0.2) is 0 Å². The predicted octanol–water partition coefficient (Wildman–Crippen LogP) is 2.64. The minimum absolute atomic E-state index is 0.257. The number of aliphatic hydroxyl groups is 1. The second-order valence-electron chi connectivity index (χ2n) is 6.93. The molecule has 1 aliphatic carbocycles. The zero-order valence-corrected chi connectivity index (χ0v) is 13.4. The van der Waals surface area contributed by atoms with Crippen molar-refractivity contribution in [3.8, 4) is 0 Å². The van der Waals surface area contributed by atoms with E-state index in [0.29, 0.717) is 12.8 Å². The smallest absolute Gasteiger partial charge is 0.306 e. The Balaban J connectivity index is 1.42. The Kier molecular flexibility index (Phi) is 4.83. The van der Waals surface area contributed by atoms with Crippen molar-refractivity contribution in [3.63, 3.8) is 0 Å². The van der Waals surface area contributed by atoms with E-state index in [9.17, 15) is 9.90 Å². The molecule has 1 aliphatic heterocycles. The molecule has 4 heteroatoms. The first-order chi connectivity index (χ1) is 11.1. The summed E-state index contributed by atoms with van der Waals surface area (Å²) in [6.45, 7) is 2.88. The number of hydrogen-bond donors (Lipinski definition) is 2. The molecule has 1 aromatic rings. The van der Waals surface area contributed by atoms with Crippen molar-refractivity contribution in [3.05, 3.63) is 42.0 Å². The van der Waals surface area contributed by atoms with Crippen LogP contribution in [-0.2, 0) is 4.79 Å². The molecule has 0 unspecified atom stereocenters. The number of carboxylic acid groups (broad SMARTS) is 1.